The Morgan fingerprint density at radius 1 is 0.704 bits per heavy atom. The molecule has 27 heavy (non-hydrogen) atoms. The Kier molecular flexibility index (Phi) is 4.21. The number of carbonyl (C=O) groups excluding carboxylic acids is 2. The highest BCUT2D eigenvalue weighted by Gasteiger charge is 2.33. The van der Waals surface area contributed by atoms with E-state index < -0.39 is 0 Å². The van der Waals surface area contributed by atoms with Crippen LogP contribution < -0.4 is 5.32 Å². The van der Waals surface area contributed by atoms with Gasteiger partial charge in [0.15, 0.2) is 5.78 Å². The van der Waals surface area contributed by atoms with Gasteiger partial charge in [-0.3, -0.25) is 9.59 Å². The van der Waals surface area contributed by atoms with E-state index in [1.54, 1.807) is 13.1 Å². The van der Waals surface area contributed by atoms with E-state index in [0.29, 0.717) is 22.3 Å². The fourth-order valence-corrected chi connectivity index (χ4v) is 3.71. The number of benzene rings is 3. The van der Waals surface area contributed by atoms with Crippen LogP contribution >= 0.6 is 0 Å². The lowest BCUT2D eigenvalue weighted by Crippen LogP contribution is -2.20. The van der Waals surface area contributed by atoms with E-state index in [1.807, 2.05) is 73.7 Å². The summed E-state index contributed by atoms with van der Waals surface area (Å²) in [5.74, 6) is -0.244. The summed E-state index contributed by atoms with van der Waals surface area (Å²) in [7, 11) is 1.60. The van der Waals surface area contributed by atoms with E-state index in [2.05, 4.69) is 5.32 Å². The number of amides is 1. The minimum absolute atomic E-state index is 0.0415. The average Bonchev–Trinajstić information content (AvgIpc) is 3.00. The van der Waals surface area contributed by atoms with Crippen molar-refractivity contribution >= 4 is 22.8 Å². The summed E-state index contributed by atoms with van der Waals surface area (Å²) in [6, 6.07) is 23.0. The van der Waals surface area contributed by atoms with Crippen LogP contribution in [0.15, 0.2) is 72.8 Å². The Labute approximate surface area is 158 Å². The Morgan fingerprint density at radius 3 is 1.93 bits per heavy atom. The third-order valence-corrected chi connectivity index (χ3v) is 5.00. The smallest absolute Gasteiger partial charge is 0.251 e. The Balaban J connectivity index is 2.08. The maximum absolute atomic E-state index is 13.4. The molecule has 1 N–H and O–H groups in total. The van der Waals surface area contributed by atoms with Crippen LogP contribution in [0.25, 0.3) is 11.1 Å². The number of nitrogens with one attached hydrogen (secondary N) is 1. The van der Waals surface area contributed by atoms with Gasteiger partial charge >= 0.3 is 0 Å². The molecule has 1 aliphatic carbocycles. The highest BCUT2D eigenvalue weighted by Crippen LogP contribution is 2.43. The van der Waals surface area contributed by atoms with E-state index >= 15 is 0 Å². The molecule has 3 heteroatoms. The zero-order valence-electron chi connectivity index (χ0n) is 15.2. The lowest BCUT2D eigenvalue weighted by molar-refractivity contribution is 0.0963. The standard InChI is InChI=1S/C24H19NO2/c1-15-9-3-4-10-16(15)21-17-11-5-7-13-19(17)23(26)22(21)18-12-6-8-14-20(18)24(27)25-2/h3-14H,1-2H3,(H,25,27). The molecule has 3 nitrogen and oxygen atoms in total. The van der Waals surface area contributed by atoms with Crippen LogP contribution in [0.3, 0.4) is 0 Å². The maximum atomic E-state index is 13.4. The SMILES string of the molecule is CNC(=O)c1ccccc1C1=C(c2ccccc2C)c2ccccc2C1=O. The number of Topliss-reactive ketones (excluding diaryl/α,β-unsaturated/α-hetero) is 1. The van der Waals surface area contributed by atoms with Gasteiger partial charge in [0, 0.05) is 29.3 Å². The van der Waals surface area contributed by atoms with Crippen LogP contribution in [0, 0.1) is 6.92 Å². The molecule has 1 amide bonds. The molecular weight excluding hydrogens is 334 g/mol. The van der Waals surface area contributed by atoms with Crippen LogP contribution in [-0.2, 0) is 0 Å². The lowest BCUT2D eigenvalue weighted by atomic mass is 9.89. The molecule has 0 heterocycles. The molecular formula is C24H19NO2. The number of ketones is 1. The van der Waals surface area contributed by atoms with Gasteiger partial charge < -0.3 is 5.32 Å². The molecule has 0 atom stereocenters. The molecule has 3 aromatic rings. The number of hydrogen-bond donors (Lipinski definition) is 1. The minimum Gasteiger partial charge on any atom is -0.355 e. The number of hydrogen-bond acceptors (Lipinski definition) is 2. The van der Waals surface area contributed by atoms with Crippen LogP contribution in [-0.4, -0.2) is 18.7 Å². The van der Waals surface area contributed by atoms with Gasteiger partial charge in [-0.25, -0.2) is 0 Å². The molecule has 0 aliphatic heterocycles. The summed E-state index contributed by atoms with van der Waals surface area (Å²) in [6.45, 7) is 2.04. The summed E-state index contributed by atoms with van der Waals surface area (Å²) in [4.78, 5) is 25.8. The zero-order valence-corrected chi connectivity index (χ0v) is 15.2. The first-order chi connectivity index (χ1) is 13.1. The second-order valence-corrected chi connectivity index (χ2v) is 6.56. The molecule has 0 saturated carbocycles. The topological polar surface area (TPSA) is 46.2 Å². The van der Waals surface area contributed by atoms with Gasteiger partial charge in [0.2, 0.25) is 0 Å². The molecule has 4 rings (SSSR count). The van der Waals surface area contributed by atoms with E-state index in [9.17, 15) is 9.59 Å². The first kappa shape index (κ1) is 17.0. The van der Waals surface area contributed by atoms with Crippen molar-refractivity contribution < 1.29 is 9.59 Å². The van der Waals surface area contributed by atoms with Crippen molar-refractivity contribution in [1.29, 1.82) is 0 Å². The molecule has 1 aliphatic rings. The third-order valence-electron chi connectivity index (χ3n) is 5.00. The first-order valence-electron chi connectivity index (χ1n) is 8.89. The molecule has 132 valence electrons. The van der Waals surface area contributed by atoms with E-state index in [1.165, 1.54) is 0 Å². The van der Waals surface area contributed by atoms with Crippen molar-refractivity contribution in [3.05, 3.63) is 106 Å². The molecule has 3 aromatic carbocycles. The summed E-state index contributed by atoms with van der Waals surface area (Å²) in [5.41, 5.74) is 6.34. The number of rotatable bonds is 3. The summed E-state index contributed by atoms with van der Waals surface area (Å²) in [6.07, 6.45) is 0. The Bertz CT molecular complexity index is 1110. The van der Waals surface area contributed by atoms with Crippen LogP contribution in [0.4, 0.5) is 0 Å². The molecule has 0 fully saturated rings. The highest BCUT2D eigenvalue weighted by atomic mass is 16.1. The molecule has 0 unspecified atom stereocenters. The maximum Gasteiger partial charge on any atom is 0.251 e. The second kappa shape index (κ2) is 6.69. The molecule has 0 saturated heterocycles. The highest BCUT2D eigenvalue weighted by molar-refractivity contribution is 6.42. The average molecular weight is 353 g/mol. The summed E-state index contributed by atoms with van der Waals surface area (Å²) >= 11 is 0. The number of carbonyl (C=O) groups is 2. The number of fused-ring (bicyclic) bond motifs is 1. The van der Waals surface area contributed by atoms with Gasteiger partial charge in [-0.05, 0) is 35.2 Å². The fraction of sp³-hybridized carbons (Fsp3) is 0.0833. The number of allylic oxidation sites excluding steroid dienone is 1. The first-order valence-corrected chi connectivity index (χ1v) is 8.89. The van der Waals surface area contributed by atoms with E-state index in [0.717, 1.165) is 22.3 Å². The van der Waals surface area contributed by atoms with Crippen molar-refractivity contribution in [2.45, 2.75) is 6.92 Å². The van der Waals surface area contributed by atoms with Gasteiger partial charge in [-0.1, -0.05) is 66.7 Å². The normalized spacial score (nSPS) is 12.9. The van der Waals surface area contributed by atoms with Crippen molar-refractivity contribution in [3.63, 3.8) is 0 Å². The Hall–Kier alpha value is -3.46. The lowest BCUT2D eigenvalue weighted by Gasteiger charge is -2.13. The fourth-order valence-electron chi connectivity index (χ4n) is 3.71. The van der Waals surface area contributed by atoms with E-state index in [4.69, 9.17) is 0 Å². The van der Waals surface area contributed by atoms with Gasteiger partial charge in [-0.15, -0.1) is 0 Å². The summed E-state index contributed by atoms with van der Waals surface area (Å²) in [5, 5.41) is 2.67. The van der Waals surface area contributed by atoms with Crippen molar-refractivity contribution in [2.75, 3.05) is 7.05 Å². The summed E-state index contributed by atoms with van der Waals surface area (Å²) < 4.78 is 0. The molecule has 0 bridgehead atoms. The third kappa shape index (κ3) is 2.68. The number of aryl methyl sites for hydroxylation is 1. The largest absolute Gasteiger partial charge is 0.355 e. The van der Waals surface area contributed by atoms with Gasteiger partial charge in [0.25, 0.3) is 5.91 Å². The monoisotopic (exact) mass is 353 g/mol. The predicted molar refractivity (Wildman–Crippen MR) is 108 cm³/mol. The predicted octanol–water partition coefficient (Wildman–Crippen LogP) is 4.51. The molecule has 0 spiro atoms. The van der Waals surface area contributed by atoms with Gasteiger partial charge in [-0.2, -0.15) is 0 Å². The zero-order chi connectivity index (χ0) is 19.0. The molecule has 0 radical (unpaired) electrons. The Morgan fingerprint density at radius 2 is 1.26 bits per heavy atom. The molecule has 0 aromatic heterocycles. The second-order valence-electron chi connectivity index (χ2n) is 6.56. The minimum atomic E-state index is -0.203. The van der Waals surface area contributed by atoms with Gasteiger partial charge in [0.05, 0.1) is 0 Å². The van der Waals surface area contributed by atoms with Crippen molar-refractivity contribution in [1.82, 2.24) is 5.32 Å². The van der Waals surface area contributed by atoms with Crippen molar-refractivity contribution in [2.24, 2.45) is 0 Å². The van der Waals surface area contributed by atoms with E-state index in [-0.39, 0.29) is 11.7 Å². The van der Waals surface area contributed by atoms with Crippen molar-refractivity contribution in [3.8, 4) is 0 Å². The van der Waals surface area contributed by atoms with Gasteiger partial charge in [0.1, 0.15) is 0 Å². The van der Waals surface area contributed by atoms with Crippen LogP contribution in [0.1, 0.15) is 43.0 Å². The quantitative estimate of drug-likeness (QED) is 0.753. The van der Waals surface area contributed by atoms with Crippen LogP contribution in [0.2, 0.25) is 0 Å². The van der Waals surface area contributed by atoms with Crippen LogP contribution in [0.5, 0.6) is 0 Å².